The van der Waals surface area contributed by atoms with Crippen LogP contribution in [-0.2, 0) is 0 Å². The minimum atomic E-state index is -0.397. The molecule has 1 aromatic heterocycles. The van der Waals surface area contributed by atoms with Crippen LogP contribution < -0.4 is 0 Å². The number of carbonyl (C=O) groups excluding carboxylic acids is 2. The lowest BCUT2D eigenvalue weighted by molar-refractivity contribution is 0.0814. The zero-order valence-electron chi connectivity index (χ0n) is 20.5. The fourth-order valence-corrected chi connectivity index (χ4v) is 2.40. The molecule has 0 spiro atoms. The van der Waals surface area contributed by atoms with E-state index < -0.39 is 5.82 Å². The number of hydrogen-bond acceptors (Lipinski definition) is 4. The lowest BCUT2D eigenvalue weighted by Crippen LogP contribution is -2.23. The summed E-state index contributed by atoms with van der Waals surface area (Å²) >= 11 is 0. The highest BCUT2D eigenvalue weighted by atomic mass is 19.1. The van der Waals surface area contributed by atoms with Gasteiger partial charge in [0.2, 0.25) is 0 Å². The fourth-order valence-electron chi connectivity index (χ4n) is 2.40. The predicted molar refractivity (Wildman–Crippen MR) is 124 cm³/mol. The van der Waals surface area contributed by atoms with Gasteiger partial charge in [0, 0.05) is 28.2 Å². The minimum Gasteiger partial charge on any atom is -0.345 e. The molecule has 0 fully saturated rings. The van der Waals surface area contributed by atoms with Gasteiger partial charge in [0.1, 0.15) is 5.82 Å². The van der Waals surface area contributed by atoms with Crippen LogP contribution in [0.1, 0.15) is 85.5 Å². The first kappa shape index (κ1) is 28.2. The summed E-state index contributed by atoms with van der Waals surface area (Å²) < 4.78 is 13.9. The van der Waals surface area contributed by atoms with Crippen LogP contribution >= 0.6 is 0 Å². The van der Waals surface area contributed by atoms with Crippen molar-refractivity contribution >= 4 is 11.8 Å². The maximum atomic E-state index is 13.9. The summed E-state index contributed by atoms with van der Waals surface area (Å²) in [4.78, 5) is 25.9. The smallest absolute Gasteiger partial charge is 0.273 e. The molecule has 0 N–H and O–H groups in total. The molecule has 0 saturated carbocycles. The van der Waals surface area contributed by atoms with Crippen LogP contribution in [0.15, 0.2) is 30.3 Å². The third-order valence-electron chi connectivity index (χ3n) is 4.19. The number of hydrogen-bond donors (Lipinski definition) is 0. The van der Waals surface area contributed by atoms with Gasteiger partial charge in [0.25, 0.3) is 11.8 Å². The molecule has 0 aliphatic rings. The minimum absolute atomic E-state index is 0.0833. The summed E-state index contributed by atoms with van der Waals surface area (Å²) in [5, 5.41) is 7.86. The second-order valence-electron chi connectivity index (χ2n) is 7.76. The van der Waals surface area contributed by atoms with E-state index in [-0.39, 0.29) is 23.3 Å². The van der Waals surface area contributed by atoms with E-state index in [1.807, 2.05) is 47.6 Å². The van der Waals surface area contributed by atoms with Crippen molar-refractivity contribution in [2.45, 2.75) is 53.4 Å². The summed E-state index contributed by atoms with van der Waals surface area (Å²) in [6.45, 7) is 11.9. The largest absolute Gasteiger partial charge is 0.345 e. The number of carbonyl (C=O) groups is 2. The summed E-state index contributed by atoms with van der Waals surface area (Å²) in [5.74, 6) is -0.389. The molecule has 0 aliphatic heterocycles. The number of amides is 2. The molecule has 0 atom stereocenters. The van der Waals surface area contributed by atoms with E-state index in [0.717, 1.165) is 5.69 Å². The van der Waals surface area contributed by atoms with Crippen LogP contribution in [0.25, 0.3) is 0 Å². The van der Waals surface area contributed by atoms with Crippen LogP contribution in [0.3, 0.4) is 0 Å². The Hall–Kier alpha value is -2.83. The first-order valence-electron chi connectivity index (χ1n) is 10.5. The summed E-state index contributed by atoms with van der Waals surface area (Å²) in [5.41, 5.74) is 2.02. The van der Waals surface area contributed by atoms with Gasteiger partial charge >= 0.3 is 0 Å². The molecular weight excluding hydrogens is 395 g/mol. The number of halogens is 1. The van der Waals surface area contributed by atoms with Gasteiger partial charge in [-0.3, -0.25) is 9.59 Å². The molecule has 0 radical (unpaired) electrons. The number of benzene rings is 1. The van der Waals surface area contributed by atoms with Gasteiger partial charge in [-0.25, -0.2) is 4.39 Å². The Morgan fingerprint density at radius 3 is 1.74 bits per heavy atom. The Labute approximate surface area is 186 Å². The molecular formula is C24H37FN4O2. The number of rotatable bonds is 4. The van der Waals surface area contributed by atoms with Crippen LogP contribution in [0.4, 0.5) is 4.39 Å². The Morgan fingerprint density at radius 1 is 0.806 bits per heavy atom. The SMILES string of the molecule is CC.CC(C)c1ccc(C(=O)N(C)C)nn1.CC(C)c1cccc(C(=O)N(C)C)c1F. The fraction of sp³-hybridized carbons (Fsp3) is 0.500. The van der Waals surface area contributed by atoms with Crippen molar-refractivity contribution in [1.82, 2.24) is 20.0 Å². The maximum absolute atomic E-state index is 13.9. The zero-order valence-corrected chi connectivity index (χ0v) is 20.5. The number of nitrogens with zero attached hydrogens (tertiary/aromatic N) is 4. The molecule has 0 unspecified atom stereocenters. The summed E-state index contributed by atoms with van der Waals surface area (Å²) in [6, 6.07) is 8.50. The Balaban J connectivity index is 0.000000539. The third-order valence-corrected chi connectivity index (χ3v) is 4.19. The van der Waals surface area contributed by atoms with Gasteiger partial charge in [-0.15, -0.1) is 5.10 Å². The van der Waals surface area contributed by atoms with Crippen molar-refractivity contribution in [2.24, 2.45) is 0 Å². The van der Waals surface area contributed by atoms with E-state index in [4.69, 9.17) is 0 Å². The van der Waals surface area contributed by atoms with E-state index >= 15 is 0 Å². The highest BCUT2D eigenvalue weighted by Gasteiger charge is 2.17. The maximum Gasteiger partial charge on any atom is 0.273 e. The van der Waals surface area contributed by atoms with Crippen LogP contribution in [0, 0.1) is 5.82 Å². The molecule has 31 heavy (non-hydrogen) atoms. The van der Waals surface area contributed by atoms with Crippen LogP contribution in [-0.4, -0.2) is 60.0 Å². The monoisotopic (exact) mass is 432 g/mol. The summed E-state index contributed by atoms with van der Waals surface area (Å²) in [6.07, 6.45) is 0. The zero-order chi connectivity index (χ0) is 24.3. The van der Waals surface area contributed by atoms with Crippen LogP contribution in [0.5, 0.6) is 0 Å². The van der Waals surface area contributed by atoms with Gasteiger partial charge < -0.3 is 9.80 Å². The van der Waals surface area contributed by atoms with Gasteiger partial charge in [-0.2, -0.15) is 5.10 Å². The third kappa shape index (κ3) is 8.44. The average Bonchev–Trinajstić information content (AvgIpc) is 2.74. The first-order valence-corrected chi connectivity index (χ1v) is 10.5. The molecule has 172 valence electrons. The van der Waals surface area contributed by atoms with E-state index in [0.29, 0.717) is 17.2 Å². The van der Waals surface area contributed by atoms with Gasteiger partial charge in [-0.05, 0) is 35.6 Å². The number of aromatic nitrogens is 2. The van der Waals surface area contributed by atoms with E-state index in [1.165, 1.54) is 15.9 Å². The molecule has 2 amide bonds. The van der Waals surface area contributed by atoms with E-state index in [2.05, 4.69) is 10.2 Å². The molecule has 1 heterocycles. The second-order valence-corrected chi connectivity index (χ2v) is 7.76. The molecule has 0 bridgehead atoms. The second kappa shape index (κ2) is 13.5. The topological polar surface area (TPSA) is 66.4 Å². The highest BCUT2D eigenvalue weighted by molar-refractivity contribution is 5.94. The lowest BCUT2D eigenvalue weighted by Gasteiger charge is -2.14. The summed E-state index contributed by atoms with van der Waals surface area (Å²) in [7, 11) is 6.62. The quantitative estimate of drug-likeness (QED) is 0.683. The predicted octanol–water partition coefficient (Wildman–Crippen LogP) is 4.98. The van der Waals surface area contributed by atoms with Gasteiger partial charge in [-0.1, -0.05) is 53.7 Å². The van der Waals surface area contributed by atoms with Crippen molar-refractivity contribution in [3.8, 4) is 0 Å². The van der Waals surface area contributed by atoms with Crippen LogP contribution in [0.2, 0.25) is 0 Å². The average molecular weight is 433 g/mol. The molecule has 2 aromatic rings. The van der Waals surface area contributed by atoms with Crippen molar-refractivity contribution in [2.75, 3.05) is 28.2 Å². The standard InChI is InChI=1S/C12H16FNO.C10H15N3O.C2H6/c1-8(2)9-6-5-7-10(11(9)13)12(15)14(3)4;1-7(2)8-5-6-9(12-11-8)10(14)13(3)4;1-2/h5-8H,1-4H3;5-7H,1-4H3;1-2H3. The Bertz CT molecular complexity index is 832. The van der Waals surface area contributed by atoms with Crippen molar-refractivity contribution in [1.29, 1.82) is 0 Å². The van der Waals surface area contributed by atoms with E-state index in [1.54, 1.807) is 46.4 Å². The molecule has 6 nitrogen and oxygen atoms in total. The van der Waals surface area contributed by atoms with Gasteiger partial charge in [0.05, 0.1) is 11.3 Å². The normalized spacial score (nSPS) is 9.97. The molecule has 1 aromatic carbocycles. The Morgan fingerprint density at radius 2 is 1.35 bits per heavy atom. The van der Waals surface area contributed by atoms with Crippen molar-refractivity contribution in [3.05, 3.63) is 58.7 Å². The lowest BCUT2D eigenvalue weighted by atomic mass is 9.99. The Kier molecular flexibility index (Phi) is 12.2. The van der Waals surface area contributed by atoms with Gasteiger partial charge in [0.15, 0.2) is 5.69 Å². The highest BCUT2D eigenvalue weighted by Crippen LogP contribution is 2.21. The molecule has 0 aliphatic carbocycles. The van der Waals surface area contributed by atoms with Crippen molar-refractivity contribution in [3.63, 3.8) is 0 Å². The molecule has 2 rings (SSSR count). The molecule has 7 heteroatoms. The van der Waals surface area contributed by atoms with E-state index in [9.17, 15) is 14.0 Å². The van der Waals surface area contributed by atoms with Crippen molar-refractivity contribution < 1.29 is 14.0 Å². The molecule has 0 saturated heterocycles. The first-order chi connectivity index (χ1) is 14.5.